The van der Waals surface area contributed by atoms with Gasteiger partial charge in [0.05, 0.1) is 16.4 Å². The van der Waals surface area contributed by atoms with Crippen LogP contribution < -0.4 is 15.2 Å². The van der Waals surface area contributed by atoms with Crippen LogP contribution in [0.3, 0.4) is 0 Å². The first-order valence-corrected chi connectivity index (χ1v) is 9.20. The van der Waals surface area contributed by atoms with Gasteiger partial charge in [-0.1, -0.05) is 42.1 Å². The van der Waals surface area contributed by atoms with Gasteiger partial charge in [-0.15, -0.1) is 5.10 Å². The molecule has 0 bridgehead atoms. The minimum atomic E-state index is -5.11. The van der Waals surface area contributed by atoms with Crippen molar-refractivity contribution in [3.8, 4) is 0 Å². The Bertz CT molecular complexity index is 1070. The number of alkyl halides is 3. The van der Waals surface area contributed by atoms with E-state index in [1.807, 2.05) is 24.3 Å². The Morgan fingerprint density at radius 3 is 2.38 bits per heavy atom. The normalized spacial score (nSPS) is 18.8. The Balaban J connectivity index is 1.80. The SMILES string of the molecule is CN1/C(=C2\C(=O)N(c3ccccc3)N=C2NC(=O)C(F)(F)F)Sc2ccccc21. The molecule has 0 fully saturated rings. The van der Waals surface area contributed by atoms with Crippen LogP contribution in [-0.4, -0.2) is 30.9 Å². The van der Waals surface area contributed by atoms with Gasteiger partial charge in [-0.3, -0.25) is 9.59 Å². The summed E-state index contributed by atoms with van der Waals surface area (Å²) in [5.74, 6) is -3.26. The zero-order valence-corrected chi connectivity index (χ0v) is 15.7. The smallest absolute Gasteiger partial charge is 0.337 e. The fourth-order valence-corrected chi connectivity index (χ4v) is 4.11. The maximum atomic E-state index is 13.1. The first kappa shape index (κ1) is 19.1. The van der Waals surface area contributed by atoms with Crippen LogP contribution in [0.1, 0.15) is 0 Å². The van der Waals surface area contributed by atoms with E-state index < -0.39 is 23.8 Å². The van der Waals surface area contributed by atoms with Crippen LogP contribution in [0.5, 0.6) is 0 Å². The van der Waals surface area contributed by atoms with E-state index in [-0.39, 0.29) is 5.57 Å². The van der Waals surface area contributed by atoms with Gasteiger partial charge in [0.25, 0.3) is 5.91 Å². The van der Waals surface area contributed by atoms with Crippen molar-refractivity contribution in [1.82, 2.24) is 5.32 Å². The zero-order chi connectivity index (χ0) is 20.8. The van der Waals surface area contributed by atoms with Gasteiger partial charge < -0.3 is 10.2 Å². The summed E-state index contributed by atoms with van der Waals surface area (Å²) >= 11 is 1.23. The lowest BCUT2D eigenvalue weighted by atomic mass is 10.2. The number of hydrogen-bond donors (Lipinski definition) is 1. The molecule has 4 rings (SSSR count). The molecule has 0 spiro atoms. The lowest BCUT2D eigenvalue weighted by Crippen LogP contribution is -2.41. The number of thioether (sulfide) groups is 1. The first-order chi connectivity index (χ1) is 13.8. The number of nitrogens with zero attached hydrogens (tertiary/aromatic N) is 3. The van der Waals surface area contributed by atoms with E-state index in [9.17, 15) is 22.8 Å². The number of hydrazone groups is 1. The molecule has 2 aliphatic rings. The minimum Gasteiger partial charge on any atom is -0.337 e. The maximum Gasteiger partial charge on any atom is 0.471 e. The number of anilines is 2. The van der Waals surface area contributed by atoms with Gasteiger partial charge >= 0.3 is 12.1 Å². The van der Waals surface area contributed by atoms with Crippen LogP contribution in [-0.2, 0) is 9.59 Å². The summed E-state index contributed by atoms with van der Waals surface area (Å²) in [5.41, 5.74) is 1.07. The van der Waals surface area contributed by atoms with Gasteiger partial charge in [0.1, 0.15) is 5.57 Å². The molecular weight excluding hydrogens is 405 g/mol. The largest absolute Gasteiger partial charge is 0.471 e. The number of carbonyl (C=O) groups excluding carboxylic acids is 2. The Morgan fingerprint density at radius 1 is 1.07 bits per heavy atom. The summed E-state index contributed by atoms with van der Waals surface area (Å²) in [7, 11) is 1.70. The molecule has 0 radical (unpaired) electrons. The van der Waals surface area contributed by atoms with E-state index in [4.69, 9.17) is 0 Å². The van der Waals surface area contributed by atoms with Crippen molar-refractivity contribution < 1.29 is 22.8 Å². The predicted molar refractivity (Wildman–Crippen MR) is 103 cm³/mol. The number of benzene rings is 2. The first-order valence-electron chi connectivity index (χ1n) is 8.39. The van der Waals surface area contributed by atoms with Gasteiger partial charge in [0.15, 0.2) is 5.84 Å². The van der Waals surface area contributed by atoms with Crippen molar-refractivity contribution in [2.75, 3.05) is 17.0 Å². The summed E-state index contributed by atoms with van der Waals surface area (Å²) in [6.45, 7) is 0. The highest BCUT2D eigenvalue weighted by atomic mass is 32.2. The van der Waals surface area contributed by atoms with E-state index >= 15 is 0 Å². The average molecular weight is 418 g/mol. The fraction of sp³-hybridized carbons (Fsp3) is 0.105. The van der Waals surface area contributed by atoms with Crippen molar-refractivity contribution in [3.63, 3.8) is 0 Å². The molecule has 0 aliphatic carbocycles. The van der Waals surface area contributed by atoms with Crippen LogP contribution in [0.25, 0.3) is 0 Å². The molecule has 2 amide bonds. The Hall–Kier alpha value is -3.27. The highest BCUT2D eigenvalue weighted by Crippen LogP contribution is 2.47. The van der Waals surface area contributed by atoms with E-state index in [1.54, 1.807) is 47.6 Å². The van der Waals surface area contributed by atoms with Crippen molar-refractivity contribution in [1.29, 1.82) is 0 Å². The Labute approximate surface area is 167 Å². The molecular formula is C19H13F3N4O2S. The molecule has 10 heteroatoms. The van der Waals surface area contributed by atoms with Crippen LogP contribution in [0.15, 0.2) is 75.2 Å². The topological polar surface area (TPSA) is 65.0 Å². The number of hydrogen-bond acceptors (Lipinski definition) is 5. The molecule has 0 aromatic heterocycles. The van der Waals surface area contributed by atoms with E-state index in [2.05, 4.69) is 5.10 Å². The van der Waals surface area contributed by atoms with Gasteiger partial charge in [0, 0.05) is 11.9 Å². The molecule has 29 heavy (non-hydrogen) atoms. The van der Waals surface area contributed by atoms with Crippen LogP contribution >= 0.6 is 11.8 Å². The Kier molecular flexibility index (Phi) is 4.58. The third kappa shape index (κ3) is 3.35. The molecule has 2 aromatic rings. The molecule has 1 N–H and O–H groups in total. The van der Waals surface area contributed by atoms with Crippen LogP contribution in [0.2, 0.25) is 0 Å². The highest BCUT2D eigenvalue weighted by molar-refractivity contribution is 8.03. The monoisotopic (exact) mass is 418 g/mol. The number of carbonyl (C=O) groups is 2. The quantitative estimate of drug-likeness (QED) is 0.721. The van der Waals surface area contributed by atoms with Crippen molar-refractivity contribution in [2.45, 2.75) is 11.1 Å². The molecule has 2 heterocycles. The number of halogens is 3. The number of fused-ring (bicyclic) bond motifs is 1. The van der Waals surface area contributed by atoms with Crippen LogP contribution in [0.4, 0.5) is 24.5 Å². The summed E-state index contributed by atoms with van der Waals surface area (Å²) in [5, 5.41) is 7.10. The lowest BCUT2D eigenvalue weighted by Gasteiger charge is -2.17. The number of amides is 2. The van der Waals surface area contributed by atoms with Gasteiger partial charge in [0.2, 0.25) is 0 Å². The predicted octanol–water partition coefficient (Wildman–Crippen LogP) is 3.48. The molecule has 2 aliphatic heterocycles. The summed E-state index contributed by atoms with van der Waals surface area (Å²) in [4.78, 5) is 27.2. The second-order valence-electron chi connectivity index (χ2n) is 6.16. The molecule has 0 unspecified atom stereocenters. The van der Waals surface area contributed by atoms with Gasteiger partial charge in [-0.2, -0.15) is 18.2 Å². The second kappa shape index (κ2) is 6.96. The van der Waals surface area contributed by atoms with Gasteiger partial charge in [-0.25, -0.2) is 0 Å². The molecule has 0 saturated carbocycles. The summed E-state index contributed by atoms with van der Waals surface area (Å²) in [6.07, 6.45) is -5.11. The van der Waals surface area contributed by atoms with Crippen molar-refractivity contribution in [2.24, 2.45) is 5.10 Å². The summed E-state index contributed by atoms with van der Waals surface area (Å²) in [6, 6.07) is 15.6. The number of para-hydroxylation sites is 2. The van der Waals surface area contributed by atoms with E-state index in [0.717, 1.165) is 15.6 Å². The van der Waals surface area contributed by atoms with Crippen LogP contribution in [0, 0.1) is 0 Å². The van der Waals surface area contributed by atoms with E-state index in [0.29, 0.717) is 10.7 Å². The van der Waals surface area contributed by atoms with Gasteiger partial charge in [-0.05, 0) is 24.3 Å². The zero-order valence-electron chi connectivity index (χ0n) is 14.9. The maximum absolute atomic E-state index is 13.1. The number of rotatable bonds is 1. The lowest BCUT2D eigenvalue weighted by molar-refractivity contribution is -0.171. The number of amidine groups is 1. The highest BCUT2D eigenvalue weighted by Gasteiger charge is 2.44. The molecule has 0 saturated heterocycles. The summed E-state index contributed by atoms with van der Waals surface area (Å²) < 4.78 is 38.5. The minimum absolute atomic E-state index is 0.102. The van der Waals surface area contributed by atoms with E-state index in [1.165, 1.54) is 11.8 Å². The average Bonchev–Trinajstić information content (AvgIpc) is 3.19. The fourth-order valence-electron chi connectivity index (χ4n) is 2.93. The second-order valence-corrected chi connectivity index (χ2v) is 7.19. The Morgan fingerprint density at radius 2 is 1.72 bits per heavy atom. The molecule has 2 aromatic carbocycles. The third-order valence-corrected chi connectivity index (χ3v) is 5.52. The number of nitrogens with one attached hydrogen (secondary N) is 1. The molecule has 148 valence electrons. The standard InChI is InChI=1S/C19H13F3N4O2S/c1-25-12-9-5-6-10-13(12)29-17(25)14-15(23-18(28)19(20,21)22)24-26(16(14)27)11-7-3-2-4-8-11/h2-10H,1H3,(H,23,24,28)/b17-14+. The molecule has 6 nitrogen and oxygen atoms in total. The third-order valence-electron chi connectivity index (χ3n) is 4.28. The van der Waals surface area contributed by atoms with Crippen molar-refractivity contribution in [3.05, 3.63) is 65.2 Å². The van der Waals surface area contributed by atoms with Crippen molar-refractivity contribution >= 4 is 40.8 Å². The molecule has 0 atom stereocenters.